The van der Waals surface area contributed by atoms with Crippen LogP contribution in [0.15, 0.2) is 18.5 Å². The van der Waals surface area contributed by atoms with E-state index in [1.165, 1.54) is 0 Å². The summed E-state index contributed by atoms with van der Waals surface area (Å²) in [6, 6.07) is 1.70. The minimum Gasteiger partial charge on any atom is -0.367 e. The fourth-order valence-electron chi connectivity index (χ4n) is 1.99. The molecule has 0 unspecified atom stereocenters. The molecule has 0 radical (unpaired) electrons. The van der Waals surface area contributed by atoms with Gasteiger partial charge in [-0.1, -0.05) is 0 Å². The highest BCUT2D eigenvalue weighted by atomic mass is 19.3. The number of hydrogen-bond acceptors (Lipinski definition) is 1. The van der Waals surface area contributed by atoms with Gasteiger partial charge in [-0.2, -0.15) is 0 Å². The molecule has 1 amide bonds. The highest BCUT2D eigenvalue weighted by Crippen LogP contribution is 2.24. The van der Waals surface area contributed by atoms with Crippen LogP contribution in [0.25, 0.3) is 0 Å². The molecule has 3 nitrogen and oxygen atoms in total. The number of carbonyl (C=O) groups excluding carboxylic acids is 1. The average Bonchev–Trinajstić information content (AvgIpc) is 2.81. The maximum atomic E-state index is 12.4. The van der Waals surface area contributed by atoms with Gasteiger partial charge in [-0.15, -0.1) is 0 Å². The van der Waals surface area contributed by atoms with Crippen molar-refractivity contribution in [1.29, 1.82) is 0 Å². The van der Waals surface area contributed by atoms with E-state index in [0.29, 0.717) is 31.5 Å². The number of nitrogens with one attached hydrogen (secondary N) is 1. The molecule has 0 aliphatic carbocycles. The van der Waals surface area contributed by atoms with Gasteiger partial charge in [0.25, 0.3) is 5.91 Å². The largest absolute Gasteiger partial charge is 0.367 e. The third-order valence-corrected chi connectivity index (χ3v) is 3.03. The number of aromatic nitrogens is 1. The van der Waals surface area contributed by atoms with Crippen molar-refractivity contribution in [1.82, 2.24) is 9.88 Å². The average molecular weight is 228 g/mol. The molecule has 0 aromatic carbocycles. The monoisotopic (exact) mass is 228 g/mol. The number of rotatable bonds is 2. The molecule has 0 atom stereocenters. The maximum absolute atomic E-state index is 12.4. The molecule has 5 heteroatoms. The summed E-state index contributed by atoms with van der Waals surface area (Å²) >= 11 is 0. The summed E-state index contributed by atoms with van der Waals surface area (Å²) in [4.78, 5) is 16.3. The molecule has 1 aliphatic heterocycles. The van der Waals surface area contributed by atoms with Gasteiger partial charge in [-0.3, -0.25) is 4.79 Å². The van der Waals surface area contributed by atoms with Gasteiger partial charge in [-0.05, 0) is 18.9 Å². The first kappa shape index (κ1) is 11.1. The molecular weight excluding hydrogens is 214 g/mol. The van der Waals surface area contributed by atoms with E-state index in [0.717, 1.165) is 0 Å². The second-order valence-corrected chi connectivity index (χ2v) is 4.06. The van der Waals surface area contributed by atoms with Crippen LogP contribution in [0.5, 0.6) is 0 Å². The molecule has 1 aromatic heterocycles. The lowest BCUT2D eigenvalue weighted by atomic mass is 9.97. The Kier molecular flexibility index (Phi) is 3.22. The van der Waals surface area contributed by atoms with Crippen LogP contribution in [-0.2, 0) is 0 Å². The van der Waals surface area contributed by atoms with Crippen LogP contribution >= 0.6 is 0 Å². The van der Waals surface area contributed by atoms with Gasteiger partial charge in [-0.25, -0.2) is 8.78 Å². The zero-order valence-corrected chi connectivity index (χ0v) is 8.83. The lowest BCUT2D eigenvalue weighted by molar-refractivity contribution is 0.0311. The van der Waals surface area contributed by atoms with E-state index in [1.54, 1.807) is 23.4 Å². The number of aromatic amines is 1. The van der Waals surface area contributed by atoms with E-state index in [2.05, 4.69) is 4.98 Å². The Morgan fingerprint density at radius 2 is 2.12 bits per heavy atom. The van der Waals surface area contributed by atoms with Crippen molar-refractivity contribution in [2.75, 3.05) is 13.1 Å². The molecule has 2 heterocycles. The van der Waals surface area contributed by atoms with Gasteiger partial charge in [0.1, 0.15) is 0 Å². The van der Waals surface area contributed by atoms with Crippen molar-refractivity contribution in [3.05, 3.63) is 24.0 Å². The summed E-state index contributed by atoms with van der Waals surface area (Å²) in [5.74, 6) is -0.621. The predicted octanol–water partition coefficient (Wildman–Crippen LogP) is 2.13. The van der Waals surface area contributed by atoms with Crippen molar-refractivity contribution >= 4 is 5.91 Å². The summed E-state index contributed by atoms with van der Waals surface area (Å²) in [7, 11) is 0. The third kappa shape index (κ3) is 2.23. The second kappa shape index (κ2) is 4.63. The van der Waals surface area contributed by atoms with Crippen molar-refractivity contribution in [3.63, 3.8) is 0 Å². The summed E-state index contributed by atoms with van der Waals surface area (Å²) in [5, 5.41) is 0. The zero-order chi connectivity index (χ0) is 11.5. The van der Waals surface area contributed by atoms with Gasteiger partial charge in [0.2, 0.25) is 6.43 Å². The lowest BCUT2D eigenvalue weighted by Crippen LogP contribution is -2.39. The van der Waals surface area contributed by atoms with E-state index >= 15 is 0 Å². The van der Waals surface area contributed by atoms with Crippen LogP contribution in [-0.4, -0.2) is 35.3 Å². The minimum absolute atomic E-state index is 0.0750. The summed E-state index contributed by atoms with van der Waals surface area (Å²) in [6.45, 7) is 0.859. The standard InChI is InChI=1S/C11H14F2N2O/c12-10(13)8-2-5-15(6-3-8)11(16)9-1-4-14-7-9/h1,4,7-8,10,14H,2-3,5-6H2. The number of amides is 1. The van der Waals surface area contributed by atoms with E-state index in [4.69, 9.17) is 0 Å². The Balaban J connectivity index is 1.92. The van der Waals surface area contributed by atoms with E-state index in [-0.39, 0.29) is 5.91 Å². The summed E-state index contributed by atoms with van der Waals surface area (Å²) in [6.07, 6.45) is 1.84. The predicted molar refractivity (Wildman–Crippen MR) is 55.4 cm³/mol. The molecule has 1 N–H and O–H groups in total. The molecule has 0 spiro atoms. The Labute approximate surface area is 92.4 Å². The van der Waals surface area contributed by atoms with Crippen molar-refractivity contribution in [2.45, 2.75) is 19.3 Å². The Morgan fingerprint density at radius 1 is 1.44 bits per heavy atom. The Morgan fingerprint density at radius 3 is 2.62 bits per heavy atom. The topological polar surface area (TPSA) is 36.1 Å². The van der Waals surface area contributed by atoms with Crippen LogP contribution in [0.4, 0.5) is 8.78 Å². The molecule has 1 aliphatic rings. The van der Waals surface area contributed by atoms with Crippen molar-refractivity contribution in [3.8, 4) is 0 Å². The van der Waals surface area contributed by atoms with Crippen molar-refractivity contribution < 1.29 is 13.6 Å². The van der Waals surface area contributed by atoms with Gasteiger partial charge in [0.15, 0.2) is 0 Å². The van der Waals surface area contributed by atoms with E-state index in [9.17, 15) is 13.6 Å². The molecule has 2 rings (SSSR count). The van der Waals surface area contributed by atoms with Gasteiger partial charge >= 0.3 is 0 Å². The highest BCUT2D eigenvalue weighted by Gasteiger charge is 2.28. The summed E-state index contributed by atoms with van der Waals surface area (Å²) < 4.78 is 24.8. The minimum atomic E-state index is -2.26. The van der Waals surface area contributed by atoms with Crippen molar-refractivity contribution in [2.24, 2.45) is 5.92 Å². The number of likely N-dealkylation sites (tertiary alicyclic amines) is 1. The number of hydrogen-bond donors (Lipinski definition) is 1. The first-order valence-corrected chi connectivity index (χ1v) is 5.38. The molecule has 1 fully saturated rings. The molecule has 1 aromatic rings. The third-order valence-electron chi connectivity index (χ3n) is 3.03. The molecule has 88 valence electrons. The number of nitrogens with zero attached hydrogens (tertiary/aromatic N) is 1. The first-order chi connectivity index (χ1) is 7.68. The number of H-pyrrole nitrogens is 1. The zero-order valence-electron chi connectivity index (χ0n) is 8.83. The fraction of sp³-hybridized carbons (Fsp3) is 0.545. The smallest absolute Gasteiger partial charge is 0.255 e. The normalized spacial score (nSPS) is 18.1. The molecule has 1 saturated heterocycles. The van der Waals surface area contributed by atoms with E-state index in [1.807, 2.05) is 0 Å². The Hall–Kier alpha value is -1.39. The SMILES string of the molecule is O=C(c1cc[nH]c1)N1CCC(C(F)F)CC1. The van der Waals surface area contributed by atoms with Crippen LogP contribution in [0.3, 0.4) is 0 Å². The molecule has 16 heavy (non-hydrogen) atoms. The summed E-state index contributed by atoms with van der Waals surface area (Å²) in [5.41, 5.74) is 0.593. The van der Waals surface area contributed by atoms with Crippen LogP contribution in [0.2, 0.25) is 0 Å². The number of alkyl halides is 2. The fourth-order valence-corrected chi connectivity index (χ4v) is 1.99. The number of carbonyl (C=O) groups is 1. The van der Waals surface area contributed by atoms with Crippen LogP contribution < -0.4 is 0 Å². The van der Waals surface area contributed by atoms with Gasteiger partial charge < -0.3 is 9.88 Å². The molecule has 0 saturated carbocycles. The first-order valence-electron chi connectivity index (χ1n) is 5.38. The van der Waals surface area contributed by atoms with Gasteiger partial charge in [0, 0.05) is 31.4 Å². The Bertz CT molecular complexity index is 343. The number of halogens is 2. The quantitative estimate of drug-likeness (QED) is 0.827. The maximum Gasteiger partial charge on any atom is 0.255 e. The number of piperidine rings is 1. The highest BCUT2D eigenvalue weighted by molar-refractivity contribution is 5.94. The van der Waals surface area contributed by atoms with E-state index < -0.39 is 12.3 Å². The molecule has 0 bridgehead atoms. The van der Waals surface area contributed by atoms with Crippen LogP contribution in [0, 0.1) is 5.92 Å². The lowest BCUT2D eigenvalue weighted by Gasteiger charge is -2.31. The second-order valence-electron chi connectivity index (χ2n) is 4.06. The van der Waals surface area contributed by atoms with Crippen LogP contribution in [0.1, 0.15) is 23.2 Å². The van der Waals surface area contributed by atoms with Gasteiger partial charge in [0.05, 0.1) is 5.56 Å². The molecular formula is C11H14F2N2O.